The summed E-state index contributed by atoms with van der Waals surface area (Å²) in [5, 5.41) is 0. The van der Waals surface area contributed by atoms with E-state index in [-0.39, 0.29) is 0 Å². The Morgan fingerprint density at radius 3 is 1.24 bits per heavy atom. The average Bonchev–Trinajstić information content (AvgIpc) is 1.93. The van der Waals surface area contributed by atoms with Gasteiger partial charge in [-0.1, -0.05) is 39.3 Å². The van der Waals surface area contributed by atoms with Crippen LogP contribution in [0.4, 0.5) is 22.0 Å². The van der Waals surface area contributed by atoms with Crippen LogP contribution in [-0.4, -0.2) is 41.8 Å². The first-order chi connectivity index (χ1) is 7.09. The zero-order chi connectivity index (χ0) is 14.3. The summed E-state index contributed by atoms with van der Waals surface area (Å²) in [6.45, 7) is 10.8. The minimum absolute atomic E-state index is 1.47. The van der Waals surface area contributed by atoms with Crippen LogP contribution in [0.1, 0.15) is 0 Å². The first kappa shape index (κ1) is 17.3. The molecule has 2 radical (unpaired) electrons. The van der Waals surface area contributed by atoms with Crippen LogP contribution in [-0.2, 0) is 0 Å². The molecule has 102 valence electrons. The third-order valence-electron chi connectivity index (χ3n) is 1.95. The summed E-state index contributed by atoms with van der Waals surface area (Å²) in [6, 6.07) is 0. The molecule has 0 aliphatic heterocycles. The van der Waals surface area contributed by atoms with Crippen molar-refractivity contribution in [1.82, 2.24) is 3.90 Å². The van der Waals surface area contributed by atoms with Gasteiger partial charge in [0.2, 0.25) is 9.68 Å². The Bertz CT molecular complexity index is 252. The molecule has 0 heterocycles. The van der Waals surface area contributed by atoms with Gasteiger partial charge in [-0.25, -0.2) is 8.78 Å². The van der Waals surface area contributed by atoms with Crippen molar-refractivity contribution in [3.8, 4) is 0 Å². The molecule has 0 atom stereocenters. The van der Waals surface area contributed by atoms with Gasteiger partial charge in [0.05, 0.1) is 0 Å². The van der Waals surface area contributed by atoms with E-state index in [1.54, 1.807) is 39.3 Å². The lowest BCUT2D eigenvalue weighted by atomic mass is 10.7. The van der Waals surface area contributed by atoms with E-state index < -0.39 is 37.9 Å². The van der Waals surface area contributed by atoms with E-state index in [1.807, 2.05) is 0 Å². The van der Waals surface area contributed by atoms with Crippen LogP contribution >= 0.6 is 0 Å². The van der Waals surface area contributed by atoms with Gasteiger partial charge in [0, 0.05) is 0 Å². The highest BCUT2D eigenvalue weighted by Crippen LogP contribution is 2.36. The maximum atomic E-state index is 13.1. The van der Waals surface area contributed by atoms with E-state index in [1.165, 1.54) is 3.90 Å². The molecule has 9 heteroatoms. The summed E-state index contributed by atoms with van der Waals surface area (Å²) in [5.41, 5.74) is -4.60. The van der Waals surface area contributed by atoms with Crippen molar-refractivity contribution >= 4 is 26.2 Å². The zero-order valence-electron chi connectivity index (χ0n) is 10.8. The first-order valence-corrected chi connectivity index (χ1v) is 13.0. The minimum atomic E-state index is -5.46. The quantitative estimate of drug-likeness (QED) is 0.565. The van der Waals surface area contributed by atoms with Crippen LogP contribution < -0.4 is 0 Å². The summed E-state index contributed by atoms with van der Waals surface area (Å²) < 4.78 is 64.4. The monoisotopic (exact) mass is 307 g/mol. The van der Waals surface area contributed by atoms with Gasteiger partial charge >= 0.3 is 11.7 Å². The van der Waals surface area contributed by atoms with Crippen LogP contribution in [0, 0.1) is 0 Å². The lowest BCUT2D eigenvalue weighted by Gasteiger charge is -2.44. The molecule has 0 saturated carbocycles. The molecule has 0 saturated heterocycles. The van der Waals surface area contributed by atoms with Crippen molar-refractivity contribution in [3.63, 3.8) is 0 Å². The normalized spacial score (nSPS) is 15.5. The Morgan fingerprint density at radius 2 is 1.06 bits per heavy atom. The Hall–Kier alpha value is 0.261. The predicted octanol–water partition coefficient (Wildman–Crippen LogP) is 3.73. The Balaban J connectivity index is 5.17. The molecule has 1 nitrogen and oxygen atoms in total. The van der Waals surface area contributed by atoms with Gasteiger partial charge in [0.15, 0.2) is 0 Å². The molecule has 0 rings (SSSR count). The molecule has 0 spiro atoms. The molecule has 0 N–H and O–H groups in total. The van der Waals surface area contributed by atoms with Gasteiger partial charge in [-0.2, -0.15) is 13.2 Å². The average molecular weight is 307 g/mol. The number of hydrogen-bond acceptors (Lipinski definition) is 1. The molecule has 0 fully saturated rings. The molecule has 0 aromatic heterocycles. The van der Waals surface area contributed by atoms with E-state index in [0.29, 0.717) is 0 Å². The van der Waals surface area contributed by atoms with E-state index in [9.17, 15) is 22.0 Å². The van der Waals surface area contributed by atoms with Gasteiger partial charge in [-0.05, 0) is 0 Å². The summed E-state index contributed by atoms with van der Waals surface area (Å²) >= 11 is 0. The predicted molar refractivity (Wildman–Crippen MR) is 65.3 cm³/mol. The Labute approximate surface area is 103 Å². The third kappa shape index (κ3) is 4.80. The Kier molecular flexibility index (Phi) is 4.81. The van der Waals surface area contributed by atoms with Crippen molar-refractivity contribution in [2.24, 2.45) is 0 Å². The Morgan fingerprint density at radius 1 is 0.765 bits per heavy atom. The fourth-order valence-electron chi connectivity index (χ4n) is 1.55. The third-order valence-corrected chi connectivity index (χ3v) is 14.1. The topological polar surface area (TPSA) is 3.24 Å². The summed E-state index contributed by atoms with van der Waals surface area (Å²) in [4.78, 5) is 0. The minimum Gasteiger partial charge on any atom is -0.365 e. The largest absolute Gasteiger partial charge is 0.449 e. The molecule has 0 aromatic carbocycles. The molecule has 17 heavy (non-hydrogen) atoms. The van der Waals surface area contributed by atoms with Gasteiger partial charge in [-0.15, -0.1) is 0 Å². The van der Waals surface area contributed by atoms with Crippen molar-refractivity contribution < 1.29 is 22.0 Å². The van der Waals surface area contributed by atoms with Crippen LogP contribution in [0.25, 0.3) is 0 Å². The summed E-state index contributed by atoms with van der Waals surface area (Å²) in [5.74, 6) is 0. The molecule has 0 amide bonds. The molecule has 0 aromatic rings. The molecular formula is C8H18F5NSi3. The number of alkyl halides is 5. The maximum absolute atomic E-state index is 13.1. The van der Waals surface area contributed by atoms with Crippen LogP contribution in [0.2, 0.25) is 39.3 Å². The number of hydrogen-bond donors (Lipinski definition) is 0. The van der Waals surface area contributed by atoms with Gasteiger partial charge in [0.1, 0.15) is 16.5 Å². The van der Waals surface area contributed by atoms with Crippen molar-refractivity contribution in [3.05, 3.63) is 0 Å². The van der Waals surface area contributed by atoms with Gasteiger partial charge in [-0.3, -0.25) is 0 Å². The van der Waals surface area contributed by atoms with E-state index >= 15 is 0 Å². The van der Waals surface area contributed by atoms with E-state index in [0.717, 1.165) is 0 Å². The van der Waals surface area contributed by atoms with Gasteiger partial charge < -0.3 is 3.90 Å². The zero-order valence-corrected chi connectivity index (χ0v) is 13.8. The fraction of sp³-hybridized carbons (Fsp3) is 1.00. The van der Waals surface area contributed by atoms with Crippen molar-refractivity contribution in [2.45, 2.75) is 51.0 Å². The summed E-state index contributed by atoms with van der Waals surface area (Å²) in [6.07, 6.45) is -5.46. The highest BCUT2D eigenvalue weighted by Gasteiger charge is 2.60. The van der Waals surface area contributed by atoms with Crippen molar-refractivity contribution in [2.75, 3.05) is 0 Å². The van der Waals surface area contributed by atoms with E-state index in [4.69, 9.17) is 0 Å². The number of nitrogens with zero attached hydrogens (tertiary/aromatic N) is 1. The standard InChI is InChI=1S/C8H18F5NSi3/c1-16(2,3)14(17(4,5)6)15-8(12,13)7(9,10)11/h1-6H3. The molecule has 0 aliphatic carbocycles. The van der Waals surface area contributed by atoms with Crippen LogP contribution in [0.5, 0.6) is 0 Å². The fourth-order valence-corrected chi connectivity index (χ4v) is 13.5. The van der Waals surface area contributed by atoms with Crippen LogP contribution in [0.3, 0.4) is 0 Å². The second-order valence-corrected chi connectivity index (χ2v) is 18.1. The maximum Gasteiger partial charge on any atom is 0.449 e. The second kappa shape index (κ2) is 4.74. The highest BCUT2D eigenvalue weighted by molar-refractivity contribution is 6.96. The first-order valence-electron chi connectivity index (χ1n) is 5.12. The SMILES string of the molecule is C[Si](C)(C)N([Si]C(F)(F)C(F)(F)F)[Si](C)(C)C. The van der Waals surface area contributed by atoms with Crippen LogP contribution in [0.15, 0.2) is 0 Å². The van der Waals surface area contributed by atoms with Crippen molar-refractivity contribution in [1.29, 1.82) is 0 Å². The highest BCUT2D eigenvalue weighted by atomic mass is 28.5. The smallest absolute Gasteiger partial charge is 0.365 e. The molecular weight excluding hydrogens is 289 g/mol. The lowest BCUT2D eigenvalue weighted by Crippen LogP contribution is -2.66. The number of rotatable bonds is 4. The molecule has 0 aliphatic rings. The summed E-state index contributed by atoms with van der Waals surface area (Å²) in [7, 11) is -5.86. The van der Waals surface area contributed by atoms with Gasteiger partial charge in [0.25, 0.3) is 0 Å². The second-order valence-electron chi connectivity index (χ2n) is 5.86. The van der Waals surface area contributed by atoms with E-state index in [2.05, 4.69) is 0 Å². The molecule has 0 unspecified atom stereocenters. The lowest BCUT2D eigenvalue weighted by molar-refractivity contribution is -0.245. The molecule has 0 bridgehead atoms. The number of halogens is 5.